The predicted molar refractivity (Wildman–Crippen MR) is 464 cm³/mol. The number of methoxy groups -OCH3 is 2. The highest BCUT2D eigenvalue weighted by molar-refractivity contribution is 5.79. The Labute approximate surface area is 691 Å². The molecule has 22 rings (SSSR count). The summed E-state index contributed by atoms with van der Waals surface area (Å²) in [4.78, 5) is 24.9. The number of ether oxygens (including phenoxy) is 2. The van der Waals surface area contributed by atoms with E-state index in [9.17, 15) is 9.59 Å². The summed E-state index contributed by atoms with van der Waals surface area (Å²) in [6, 6.07) is 0. The molecule has 0 aromatic heterocycles. The van der Waals surface area contributed by atoms with E-state index < -0.39 is 0 Å². The lowest BCUT2D eigenvalue weighted by Crippen LogP contribution is -2.50. The van der Waals surface area contributed by atoms with E-state index in [0.717, 1.165) is 249 Å². The maximum absolute atomic E-state index is 12.5. The normalized spacial score (nSPS) is 59.1. The van der Waals surface area contributed by atoms with E-state index in [1.807, 2.05) is 0 Å². The van der Waals surface area contributed by atoms with Crippen LogP contribution in [0.25, 0.3) is 0 Å². The van der Waals surface area contributed by atoms with Gasteiger partial charge in [0.05, 0.1) is 25.0 Å². The molecular formula is C108H180O4. The minimum absolute atomic E-state index is 0.0550. The highest BCUT2D eigenvalue weighted by Gasteiger charge is 2.79. The first-order chi connectivity index (χ1) is 52.1. The molecule has 22 fully saturated rings. The Balaban J connectivity index is 0.0000000976. The van der Waals surface area contributed by atoms with Crippen LogP contribution in [0.5, 0.6) is 0 Å². The molecule has 0 heterocycles. The van der Waals surface area contributed by atoms with E-state index in [1.165, 1.54) is 64.2 Å². The molecule has 22 saturated carbocycles. The first-order valence-corrected chi connectivity index (χ1v) is 50.2. The average Bonchev–Trinajstić information content (AvgIpc) is 1.35. The van der Waals surface area contributed by atoms with Gasteiger partial charge in [-0.05, 0) is 406 Å². The molecule has 0 aliphatic heterocycles. The summed E-state index contributed by atoms with van der Waals surface area (Å²) < 4.78 is 10.4. The molecule has 112 heavy (non-hydrogen) atoms. The van der Waals surface area contributed by atoms with E-state index in [2.05, 4.69) is 222 Å². The van der Waals surface area contributed by atoms with Gasteiger partial charge in [0.15, 0.2) is 0 Å². The average molecular weight is 1540 g/mol. The van der Waals surface area contributed by atoms with Crippen LogP contribution in [-0.4, -0.2) is 26.2 Å². The second-order valence-electron chi connectivity index (χ2n) is 53.3. The van der Waals surface area contributed by atoms with Crippen molar-refractivity contribution in [3.8, 4) is 0 Å². The van der Waals surface area contributed by atoms with Gasteiger partial charge >= 0.3 is 11.9 Å². The van der Waals surface area contributed by atoms with Crippen molar-refractivity contribution in [2.45, 2.75) is 324 Å². The van der Waals surface area contributed by atoms with Gasteiger partial charge in [-0.1, -0.05) is 233 Å². The van der Waals surface area contributed by atoms with Crippen LogP contribution in [0.3, 0.4) is 0 Å². The van der Waals surface area contributed by atoms with Crippen molar-refractivity contribution in [3.05, 3.63) is 0 Å². The van der Waals surface area contributed by atoms with Gasteiger partial charge in [0.25, 0.3) is 0 Å². The fourth-order valence-corrected chi connectivity index (χ4v) is 42.5. The van der Waals surface area contributed by atoms with Gasteiger partial charge in [0, 0.05) is 0 Å². The van der Waals surface area contributed by atoms with E-state index in [1.54, 1.807) is 52.7 Å². The Kier molecular flexibility index (Phi) is 19.9. The third kappa shape index (κ3) is 10.2. The van der Waals surface area contributed by atoms with Gasteiger partial charge in [-0.15, -0.1) is 0 Å². The van der Waals surface area contributed by atoms with Gasteiger partial charge in [0.1, 0.15) is 0 Å². The zero-order valence-corrected chi connectivity index (χ0v) is 79.5. The van der Waals surface area contributed by atoms with E-state index in [4.69, 9.17) is 9.47 Å². The van der Waals surface area contributed by atoms with Gasteiger partial charge in [-0.25, -0.2) is 0 Å². The first kappa shape index (κ1) is 83.2. The fourth-order valence-electron chi connectivity index (χ4n) is 42.5. The summed E-state index contributed by atoms with van der Waals surface area (Å²) >= 11 is 0. The standard InChI is InChI=1S/2C18H28O2.2C18H30.2C18H32/c2*1-8-9(2)12-6-11(8)15-13-7-14(16(12)15)18(4,10(13)3)17(19)20-5;2*1-9-10(2)12-7-11(9)15-13-8-14(16(12)15)18(5,6)17(13,3)4;2*1-7-8-12-9-11(2)15-13-10-14(16(12)15)18(5,6)17(13,3)4/h2*8-16H,6-7H2,1-5H3;2*9-16H,7-8H2,1-6H3;2*11-16H,7-10H2,1-6H3. The third-order valence-electron chi connectivity index (χ3n) is 51.3. The van der Waals surface area contributed by atoms with E-state index in [0.29, 0.717) is 67.0 Å². The van der Waals surface area contributed by atoms with Crippen molar-refractivity contribution in [1.29, 1.82) is 0 Å². The lowest BCUT2D eigenvalue weighted by atomic mass is 9.50. The van der Waals surface area contributed by atoms with Crippen LogP contribution in [-0.2, 0) is 19.1 Å². The minimum atomic E-state index is -0.214. The Hall–Kier alpha value is -1.06. The third-order valence-corrected chi connectivity index (χ3v) is 51.3. The molecule has 48 unspecified atom stereocenters. The predicted octanol–water partition coefficient (Wildman–Crippen LogP) is 27.7. The maximum Gasteiger partial charge on any atom is 0.312 e. The van der Waals surface area contributed by atoms with Crippen molar-refractivity contribution in [2.75, 3.05) is 14.2 Å². The van der Waals surface area contributed by atoms with Crippen LogP contribution in [0, 0.1) is 326 Å². The number of carbonyl (C=O) groups excluding carboxylic acids is 2. The van der Waals surface area contributed by atoms with Crippen LogP contribution in [0.1, 0.15) is 324 Å². The summed E-state index contributed by atoms with van der Waals surface area (Å²) in [6.07, 6.45) is 23.6. The van der Waals surface area contributed by atoms with E-state index in [-0.39, 0.29) is 22.8 Å². The van der Waals surface area contributed by atoms with Crippen molar-refractivity contribution >= 4 is 11.9 Å². The molecule has 22 aliphatic rings. The summed E-state index contributed by atoms with van der Waals surface area (Å²) in [5.41, 5.74) is 4.13. The Morgan fingerprint density at radius 2 is 0.438 bits per heavy atom. The van der Waals surface area contributed by atoms with Crippen LogP contribution in [0.4, 0.5) is 0 Å². The summed E-state index contributed by atoms with van der Waals surface area (Å²) in [5.74, 6) is 43.9. The Bertz CT molecular complexity index is 3230. The molecule has 0 spiro atoms. The van der Waals surface area contributed by atoms with Crippen molar-refractivity contribution in [2.24, 2.45) is 326 Å². The van der Waals surface area contributed by atoms with Gasteiger partial charge < -0.3 is 9.47 Å². The monoisotopic (exact) mass is 1540 g/mol. The second-order valence-corrected chi connectivity index (χ2v) is 53.3. The molecular weight excluding hydrogens is 1360 g/mol. The minimum Gasteiger partial charge on any atom is -0.469 e. The molecule has 4 nitrogen and oxygen atoms in total. The molecule has 0 aromatic rings. The number of hydrogen-bond donors (Lipinski definition) is 0. The number of carbonyl (C=O) groups is 2. The zero-order chi connectivity index (χ0) is 81.4. The quantitative estimate of drug-likeness (QED) is 0.196. The largest absolute Gasteiger partial charge is 0.469 e. The highest BCUT2D eigenvalue weighted by Crippen LogP contribution is 2.84. The van der Waals surface area contributed by atoms with Crippen molar-refractivity contribution < 1.29 is 19.1 Å². The first-order valence-electron chi connectivity index (χ1n) is 50.2. The number of fused-ring (bicyclic) bond motifs is 46. The van der Waals surface area contributed by atoms with Gasteiger partial charge in [-0.2, -0.15) is 0 Å². The second kappa shape index (κ2) is 26.7. The van der Waals surface area contributed by atoms with E-state index >= 15 is 0 Å². The fraction of sp³-hybridized carbons (Fsp3) is 0.981. The van der Waals surface area contributed by atoms with Crippen molar-refractivity contribution in [3.63, 3.8) is 0 Å². The topological polar surface area (TPSA) is 52.6 Å². The molecule has 22 aliphatic carbocycles. The SMILES string of the molecule is CC1C(C)C2CC1C1C2C2CC1C(C)(C)C2(C)C.CC1C(C)C2CC1C1C2C2CC1C(C)(C)C2(C)C.CCCC1CC(C)C2C1C1CC2C(C)(C)C1(C)C.CCCC1CC(C)C2C1C1CC2C(C)(C)C1(C)C.COC(=O)C1(C)C(C)C2CC1C1C3CC(C(C)C3C)C21.COC(=O)C1(C)C(C)C2CC1C1C3CC(C(C)C3C)C21. The Morgan fingerprint density at radius 1 is 0.241 bits per heavy atom. The number of hydrogen-bond acceptors (Lipinski definition) is 4. The molecule has 4 heteroatoms. The van der Waals surface area contributed by atoms with Crippen LogP contribution in [0.15, 0.2) is 0 Å². The Morgan fingerprint density at radius 3 is 0.652 bits per heavy atom. The van der Waals surface area contributed by atoms with Crippen LogP contribution in [0.2, 0.25) is 0 Å². The number of rotatable bonds is 6. The molecule has 0 amide bonds. The smallest absolute Gasteiger partial charge is 0.312 e. The number of esters is 2. The molecule has 0 N–H and O–H groups in total. The van der Waals surface area contributed by atoms with Gasteiger partial charge in [0.2, 0.25) is 0 Å². The van der Waals surface area contributed by atoms with Crippen molar-refractivity contribution in [1.82, 2.24) is 0 Å². The summed E-state index contributed by atoms with van der Waals surface area (Å²) in [5, 5.41) is 0. The lowest BCUT2D eigenvalue weighted by Gasteiger charge is -2.55. The maximum atomic E-state index is 12.5. The lowest BCUT2D eigenvalue weighted by molar-refractivity contribution is -0.164. The molecule has 20 bridgehead atoms. The molecule has 48 atom stereocenters. The summed E-state index contributed by atoms with van der Waals surface area (Å²) in [6.45, 7) is 80.1. The van der Waals surface area contributed by atoms with Gasteiger partial charge in [-0.3, -0.25) is 9.59 Å². The van der Waals surface area contributed by atoms with Crippen LogP contribution >= 0.6 is 0 Å². The molecule has 0 aromatic carbocycles. The zero-order valence-electron chi connectivity index (χ0n) is 79.5. The highest BCUT2D eigenvalue weighted by atomic mass is 16.5. The molecule has 636 valence electrons. The summed E-state index contributed by atoms with van der Waals surface area (Å²) in [7, 11) is 3.13. The molecule has 0 saturated heterocycles. The molecule has 0 radical (unpaired) electrons. The van der Waals surface area contributed by atoms with Crippen LogP contribution < -0.4 is 0 Å².